The van der Waals surface area contributed by atoms with Crippen molar-refractivity contribution >= 4 is 11.9 Å². The molecule has 110 valence electrons. The van der Waals surface area contributed by atoms with Crippen LogP contribution in [0.25, 0.3) is 0 Å². The van der Waals surface area contributed by atoms with Gasteiger partial charge in [-0.05, 0) is 18.3 Å². The molecule has 0 heterocycles. The Labute approximate surface area is 115 Å². The van der Waals surface area contributed by atoms with Crippen molar-refractivity contribution in [3.8, 4) is 0 Å². The van der Waals surface area contributed by atoms with Crippen molar-refractivity contribution in [3.63, 3.8) is 0 Å². The van der Waals surface area contributed by atoms with Gasteiger partial charge in [0.05, 0.1) is 6.61 Å². The Morgan fingerprint density at radius 2 is 1.68 bits per heavy atom. The van der Waals surface area contributed by atoms with E-state index in [9.17, 15) is 9.59 Å². The fourth-order valence-corrected chi connectivity index (χ4v) is 2.82. The van der Waals surface area contributed by atoms with E-state index in [1.807, 2.05) is 0 Å². The number of aliphatic carboxylic acids is 1. The molecule has 0 spiro atoms. The summed E-state index contributed by atoms with van der Waals surface area (Å²) < 4.78 is 4.93. The maximum absolute atomic E-state index is 11.1. The normalized spacial score (nSPS) is 23.0. The highest BCUT2D eigenvalue weighted by Gasteiger charge is 2.21. The lowest BCUT2D eigenvalue weighted by Crippen LogP contribution is -2.18. The molecule has 19 heavy (non-hydrogen) atoms. The van der Waals surface area contributed by atoms with Crippen molar-refractivity contribution in [1.29, 1.82) is 0 Å². The van der Waals surface area contributed by atoms with E-state index in [2.05, 4.69) is 6.92 Å². The van der Waals surface area contributed by atoms with Crippen LogP contribution in [0.1, 0.15) is 64.7 Å². The third-order valence-electron chi connectivity index (χ3n) is 4.02. The summed E-state index contributed by atoms with van der Waals surface area (Å²) in [6, 6.07) is 0. The summed E-state index contributed by atoms with van der Waals surface area (Å²) in [6.45, 7) is 2.60. The van der Waals surface area contributed by atoms with Gasteiger partial charge in [0.15, 0.2) is 0 Å². The van der Waals surface area contributed by atoms with Gasteiger partial charge in [0.2, 0.25) is 0 Å². The van der Waals surface area contributed by atoms with Gasteiger partial charge < -0.3 is 9.84 Å². The molecule has 1 rings (SSSR count). The predicted molar refractivity (Wildman–Crippen MR) is 72.8 cm³/mol. The number of carboxylic acid groups (broad SMARTS) is 1. The standard InChI is InChI=1S/C15H26O4/c1-2-3-4-12-5-7-13(8-6-12)9-10-19-15(18)11-14(16)17/h12-13H,2-11H2,1H3,(H,16,17). The highest BCUT2D eigenvalue weighted by Crippen LogP contribution is 2.33. The largest absolute Gasteiger partial charge is 0.481 e. The zero-order chi connectivity index (χ0) is 14.1. The van der Waals surface area contributed by atoms with Crippen LogP contribution in [0.3, 0.4) is 0 Å². The second kappa shape index (κ2) is 8.94. The van der Waals surface area contributed by atoms with Gasteiger partial charge >= 0.3 is 11.9 Å². The summed E-state index contributed by atoms with van der Waals surface area (Å²) >= 11 is 0. The molecule has 0 atom stereocenters. The van der Waals surface area contributed by atoms with E-state index >= 15 is 0 Å². The van der Waals surface area contributed by atoms with Crippen LogP contribution in [0.15, 0.2) is 0 Å². The first-order valence-electron chi connectivity index (χ1n) is 7.49. The maximum Gasteiger partial charge on any atom is 0.317 e. The molecule has 1 saturated carbocycles. The summed E-state index contributed by atoms with van der Waals surface area (Å²) in [5.41, 5.74) is 0. The summed E-state index contributed by atoms with van der Waals surface area (Å²) in [5.74, 6) is -0.202. The van der Waals surface area contributed by atoms with Gasteiger partial charge in [0.25, 0.3) is 0 Å². The molecule has 0 aromatic carbocycles. The average molecular weight is 270 g/mol. The third-order valence-corrected chi connectivity index (χ3v) is 4.02. The highest BCUT2D eigenvalue weighted by atomic mass is 16.5. The van der Waals surface area contributed by atoms with E-state index in [1.165, 1.54) is 44.9 Å². The quantitative estimate of drug-likeness (QED) is 0.542. The molecule has 0 unspecified atom stereocenters. The van der Waals surface area contributed by atoms with Crippen molar-refractivity contribution < 1.29 is 19.4 Å². The topological polar surface area (TPSA) is 63.6 Å². The lowest BCUT2D eigenvalue weighted by atomic mass is 9.79. The number of ether oxygens (including phenoxy) is 1. The van der Waals surface area contributed by atoms with Crippen LogP contribution in [0.5, 0.6) is 0 Å². The molecule has 4 nitrogen and oxygen atoms in total. The van der Waals surface area contributed by atoms with Crippen LogP contribution in [-0.2, 0) is 14.3 Å². The molecule has 4 heteroatoms. The van der Waals surface area contributed by atoms with Gasteiger partial charge in [-0.15, -0.1) is 0 Å². The number of carbonyl (C=O) groups is 2. The van der Waals surface area contributed by atoms with Crippen molar-refractivity contribution in [1.82, 2.24) is 0 Å². The van der Waals surface area contributed by atoms with Gasteiger partial charge in [0.1, 0.15) is 6.42 Å². The summed E-state index contributed by atoms with van der Waals surface area (Å²) in [7, 11) is 0. The lowest BCUT2D eigenvalue weighted by Gasteiger charge is -2.28. The molecule has 1 fully saturated rings. The van der Waals surface area contributed by atoms with Crippen molar-refractivity contribution in [2.45, 2.75) is 64.7 Å². The number of rotatable bonds is 8. The molecular weight excluding hydrogens is 244 g/mol. The zero-order valence-corrected chi connectivity index (χ0v) is 11.9. The Morgan fingerprint density at radius 1 is 1.11 bits per heavy atom. The lowest BCUT2D eigenvalue weighted by molar-refractivity contribution is -0.151. The molecule has 0 radical (unpaired) electrons. The predicted octanol–water partition coefficient (Wildman–Crippen LogP) is 3.39. The van der Waals surface area contributed by atoms with Crippen molar-refractivity contribution in [3.05, 3.63) is 0 Å². The molecule has 0 aromatic heterocycles. The minimum Gasteiger partial charge on any atom is -0.481 e. The number of carbonyl (C=O) groups excluding carboxylic acids is 1. The smallest absolute Gasteiger partial charge is 0.317 e. The van der Waals surface area contributed by atoms with Crippen LogP contribution < -0.4 is 0 Å². The van der Waals surface area contributed by atoms with E-state index in [0.29, 0.717) is 12.5 Å². The minimum atomic E-state index is -1.12. The first-order chi connectivity index (χ1) is 9.11. The van der Waals surface area contributed by atoms with Crippen molar-refractivity contribution in [2.24, 2.45) is 11.8 Å². The van der Waals surface area contributed by atoms with Crippen LogP contribution in [0, 0.1) is 11.8 Å². The maximum atomic E-state index is 11.1. The molecule has 0 aromatic rings. The van der Waals surface area contributed by atoms with Crippen molar-refractivity contribution in [2.75, 3.05) is 6.61 Å². The Bertz CT molecular complexity index is 280. The van der Waals surface area contributed by atoms with Gasteiger partial charge in [-0.25, -0.2) is 0 Å². The molecule has 1 aliphatic rings. The molecule has 1 N–H and O–H groups in total. The van der Waals surface area contributed by atoms with Crippen LogP contribution >= 0.6 is 0 Å². The molecule has 0 amide bonds. The highest BCUT2D eigenvalue weighted by molar-refractivity contribution is 5.90. The van der Waals surface area contributed by atoms with E-state index in [4.69, 9.17) is 9.84 Å². The summed E-state index contributed by atoms with van der Waals surface area (Å²) in [6.07, 6.45) is 9.38. The van der Waals surface area contributed by atoms with Gasteiger partial charge in [-0.3, -0.25) is 9.59 Å². The van der Waals surface area contributed by atoms with Crippen LogP contribution in [0.4, 0.5) is 0 Å². The Morgan fingerprint density at radius 3 is 2.21 bits per heavy atom. The Balaban J connectivity index is 2.06. The average Bonchev–Trinajstić information content (AvgIpc) is 2.37. The third kappa shape index (κ3) is 7.19. The number of unbranched alkanes of at least 4 members (excludes halogenated alkanes) is 1. The molecule has 0 bridgehead atoms. The second-order valence-electron chi connectivity index (χ2n) is 5.61. The van der Waals surface area contributed by atoms with Gasteiger partial charge in [0, 0.05) is 0 Å². The summed E-state index contributed by atoms with van der Waals surface area (Å²) in [4.78, 5) is 21.4. The zero-order valence-electron chi connectivity index (χ0n) is 11.9. The second-order valence-corrected chi connectivity index (χ2v) is 5.61. The van der Waals surface area contributed by atoms with E-state index in [-0.39, 0.29) is 0 Å². The first kappa shape index (κ1) is 16.0. The van der Waals surface area contributed by atoms with E-state index < -0.39 is 18.4 Å². The fraction of sp³-hybridized carbons (Fsp3) is 0.867. The number of hydrogen-bond acceptors (Lipinski definition) is 3. The number of carboxylic acids is 1. The van der Waals surface area contributed by atoms with Gasteiger partial charge in [-0.2, -0.15) is 0 Å². The molecule has 0 saturated heterocycles. The minimum absolute atomic E-state index is 0.371. The molecule has 0 aliphatic heterocycles. The SMILES string of the molecule is CCCCC1CCC(CCOC(=O)CC(=O)O)CC1. The Kier molecular flexibility index (Phi) is 7.53. The van der Waals surface area contributed by atoms with E-state index in [0.717, 1.165) is 12.3 Å². The fourth-order valence-electron chi connectivity index (χ4n) is 2.82. The number of hydrogen-bond donors (Lipinski definition) is 1. The van der Waals surface area contributed by atoms with Crippen LogP contribution in [-0.4, -0.2) is 23.7 Å². The van der Waals surface area contributed by atoms with E-state index in [1.54, 1.807) is 0 Å². The molecule has 1 aliphatic carbocycles. The monoisotopic (exact) mass is 270 g/mol. The summed E-state index contributed by atoms with van der Waals surface area (Å²) in [5, 5.41) is 8.43. The Hall–Kier alpha value is -1.06. The van der Waals surface area contributed by atoms with Crippen LogP contribution in [0.2, 0.25) is 0 Å². The first-order valence-corrected chi connectivity index (χ1v) is 7.49. The van der Waals surface area contributed by atoms with Gasteiger partial charge in [-0.1, -0.05) is 51.9 Å². The number of esters is 1. The molecular formula is C15H26O4.